The van der Waals surface area contributed by atoms with Gasteiger partial charge in [-0.1, -0.05) is 29.8 Å². The van der Waals surface area contributed by atoms with Crippen molar-refractivity contribution < 1.29 is 9.53 Å². The second-order valence-corrected chi connectivity index (χ2v) is 4.70. The molecule has 0 unspecified atom stereocenters. The lowest BCUT2D eigenvalue weighted by Gasteiger charge is -2.31. The third kappa shape index (κ3) is 3.22. The van der Waals surface area contributed by atoms with Gasteiger partial charge < -0.3 is 10.1 Å². The Bertz CT molecular complexity index is 397. The smallest absolute Gasteiger partial charge is 0.257 e. The zero-order valence-electron chi connectivity index (χ0n) is 11.0. The van der Waals surface area contributed by atoms with Crippen molar-refractivity contribution in [2.45, 2.75) is 32.2 Å². The summed E-state index contributed by atoms with van der Waals surface area (Å²) in [5, 5.41) is 3.79. The van der Waals surface area contributed by atoms with Crippen molar-refractivity contribution in [1.82, 2.24) is 10.3 Å². The number of alkyl halides is 1. The molecule has 1 aromatic heterocycles. The third-order valence-electron chi connectivity index (χ3n) is 3.20. The molecule has 0 saturated heterocycles. The number of carbonyl (C=O) groups is 1. The van der Waals surface area contributed by atoms with Gasteiger partial charge in [-0.2, -0.15) is 0 Å². The van der Waals surface area contributed by atoms with Gasteiger partial charge in [-0.25, -0.2) is 4.98 Å². The lowest BCUT2D eigenvalue weighted by atomic mass is 9.95. The van der Waals surface area contributed by atoms with E-state index in [-0.39, 0.29) is 11.4 Å². The molecule has 0 spiro atoms. The average Bonchev–Trinajstić information content (AvgIpc) is 2.44. The van der Waals surface area contributed by atoms with Crippen LogP contribution in [0.3, 0.4) is 0 Å². The van der Waals surface area contributed by atoms with Gasteiger partial charge >= 0.3 is 0 Å². The number of hydrogen-bond acceptors (Lipinski definition) is 3. The lowest BCUT2D eigenvalue weighted by molar-refractivity contribution is 0.0900. The predicted molar refractivity (Wildman–Crippen MR) is 75.4 cm³/mol. The molecule has 18 heavy (non-hydrogen) atoms. The number of amides is 1. The highest BCUT2D eigenvalue weighted by molar-refractivity contribution is 9.09. The minimum atomic E-state index is -0.224. The first-order valence-corrected chi connectivity index (χ1v) is 7.12. The van der Waals surface area contributed by atoms with Crippen molar-refractivity contribution in [2.24, 2.45) is 0 Å². The van der Waals surface area contributed by atoms with E-state index >= 15 is 0 Å². The molecule has 0 bridgehead atoms. The summed E-state index contributed by atoms with van der Waals surface area (Å²) in [6, 6.07) is 3.44. The van der Waals surface area contributed by atoms with Crippen LogP contribution in [-0.2, 0) is 0 Å². The maximum atomic E-state index is 12.3. The average molecular weight is 315 g/mol. The number of halogens is 1. The summed E-state index contributed by atoms with van der Waals surface area (Å²) in [7, 11) is 1.51. The van der Waals surface area contributed by atoms with E-state index in [0.29, 0.717) is 11.4 Å². The maximum Gasteiger partial charge on any atom is 0.257 e. The van der Waals surface area contributed by atoms with Gasteiger partial charge in [0.2, 0.25) is 5.88 Å². The molecule has 0 aliphatic heterocycles. The Labute approximate surface area is 116 Å². The van der Waals surface area contributed by atoms with E-state index in [1.165, 1.54) is 7.11 Å². The molecule has 4 nitrogen and oxygen atoms in total. The molecule has 0 radical (unpaired) electrons. The molecule has 1 rings (SSSR count). The van der Waals surface area contributed by atoms with E-state index < -0.39 is 0 Å². The molecule has 1 aromatic rings. The van der Waals surface area contributed by atoms with Crippen molar-refractivity contribution in [2.75, 3.05) is 12.4 Å². The molecule has 0 aliphatic rings. The number of aromatic nitrogens is 1. The Hall–Kier alpha value is -1.10. The van der Waals surface area contributed by atoms with E-state index in [1.807, 2.05) is 0 Å². The molecular formula is C13H19BrN2O2. The molecule has 0 aliphatic carbocycles. The van der Waals surface area contributed by atoms with Gasteiger partial charge in [0.1, 0.15) is 5.56 Å². The van der Waals surface area contributed by atoms with Crippen LogP contribution < -0.4 is 10.1 Å². The van der Waals surface area contributed by atoms with Crippen molar-refractivity contribution in [3.63, 3.8) is 0 Å². The molecule has 5 heteroatoms. The van der Waals surface area contributed by atoms with Gasteiger partial charge in [0.25, 0.3) is 5.91 Å². The van der Waals surface area contributed by atoms with Gasteiger partial charge in [0.15, 0.2) is 0 Å². The molecule has 0 atom stereocenters. The standard InChI is InChI=1S/C13H19BrN2O2/c1-4-13(5-2,9-14)16-11(17)10-7-6-8-15-12(10)18-3/h6-8H,4-5,9H2,1-3H3,(H,16,17). The SMILES string of the molecule is CCC(CC)(CBr)NC(=O)c1cccnc1OC. The molecule has 0 aromatic carbocycles. The summed E-state index contributed by atoms with van der Waals surface area (Å²) >= 11 is 3.47. The summed E-state index contributed by atoms with van der Waals surface area (Å²) in [5.74, 6) is 0.203. The summed E-state index contributed by atoms with van der Waals surface area (Å²) in [4.78, 5) is 16.3. The molecular weight excluding hydrogens is 296 g/mol. The molecule has 1 heterocycles. The minimum absolute atomic E-state index is 0.150. The normalized spacial score (nSPS) is 11.1. The highest BCUT2D eigenvalue weighted by atomic mass is 79.9. The molecule has 1 N–H and O–H groups in total. The fraction of sp³-hybridized carbons (Fsp3) is 0.538. The fourth-order valence-corrected chi connectivity index (χ4v) is 2.62. The van der Waals surface area contributed by atoms with Gasteiger partial charge in [-0.15, -0.1) is 0 Å². The molecule has 0 fully saturated rings. The van der Waals surface area contributed by atoms with Gasteiger partial charge in [0.05, 0.1) is 7.11 Å². The van der Waals surface area contributed by atoms with Crippen LogP contribution in [0.2, 0.25) is 0 Å². The topological polar surface area (TPSA) is 51.2 Å². The predicted octanol–water partition coefficient (Wildman–Crippen LogP) is 2.77. The number of methoxy groups -OCH3 is 1. The highest BCUT2D eigenvalue weighted by Crippen LogP contribution is 2.21. The number of nitrogens with one attached hydrogen (secondary N) is 1. The fourth-order valence-electron chi connectivity index (χ4n) is 1.68. The number of rotatable bonds is 6. The zero-order valence-corrected chi connectivity index (χ0v) is 12.6. The van der Waals surface area contributed by atoms with Crippen LogP contribution in [0.25, 0.3) is 0 Å². The monoisotopic (exact) mass is 314 g/mol. The van der Waals surface area contributed by atoms with Crippen LogP contribution in [0.4, 0.5) is 0 Å². The van der Waals surface area contributed by atoms with Crippen LogP contribution in [0, 0.1) is 0 Å². The lowest BCUT2D eigenvalue weighted by Crippen LogP contribution is -2.49. The first-order valence-electron chi connectivity index (χ1n) is 6.00. The van der Waals surface area contributed by atoms with E-state index in [4.69, 9.17) is 4.74 Å². The van der Waals surface area contributed by atoms with Crippen LogP contribution in [0.1, 0.15) is 37.0 Å². The minimum Gasteiger partial charge on any atom is -0.480 e. The first-order chi connectivity index (χ1) is 8.62. The Morgan fingerprint density at radius 2 is 2.17 bits per heavy atom. The number of hydrogen-bond donors (Lipinski definition) is 1. The largest absolute Gasteiger partial charge is 0.480 e. The Kier molecular flexibility index (Phi) is 5.59. The van der Waals surface area contributed by atoms with E-state index in [1.54, 1.807) is 18.3 Å². The zero-order chi connectivity index (χ0) is 13.6. The summed E-state index contributed by atoms with van der Waals surface area (Å²) in [6.45, 7) is 4.12. The highest BCUT2D eigenvalue weighted by Gasteiger charge is 2.28. The van der Waals surface area contributed by atoms with Gasteiger partial charge in [-0.3, -0.25) is 4.79 Å². The third-order valence-corrected chi connectivity index (χ3v) is 4.27. The Morgan fingerprint density at radius 1 is 1.50 bits per heavy atom. The first kappa shape index (κ1) is 15.0. The molecule has 100 valence electrons. The maximum absolute atomic E-state index is 12.3. The van der Waals surface area contributed by atoms with Crippen molar-refractivity contribution >= 4 is 21.8 Å². The van der Waals surface area contributed by atoms with E-state index in [0.717, 1.165) is 18.2 Å². The molecule has 0 saturated carbocycles. The summed E-state index contributed by atoms with van der Waals surface area (Å²) in [6.07, 6.45) is 3.33. The van der Waals surface area contributed by atoms with Crippen molar-refractivity contribution in [3.8, 4) is 5.88 Å². The summed E-state index contributed by atoms with van der Waals surface area (Å²) in [5.41, 5.74) is 0.241. The van der Waals surface area contributed by atoms with Crippen LogP contribution in [0.15, 0.2) is 18.3 Å². The second-order valence-electron chi connectivity index (χ2n) is 4.14. The second kappa shape index (κ2) is 6.73. The number of carbonyl (C=O) groups excluding carboxylic acids is 1. The van der Waals surface area contributed by atoms with Crippen LogP contribution >= 0.6 is 15.9 Å². The molecule has 1 amide bonds. The van der Waals surface area contributed by atoms with Gasteiger partial charge in [0, 0.05) is 17.1 Å². The quantitative estimate of drug-likeness (QED) is 0.821. The van der Waals surface area contributed by atoms with E-state index in [2.05, 4.69) is 40.1 Å². The number of ether oxygens (including phenoxy) is 1. The van der Waals surface area contributed by atoms with E-state index in [9.17, 15) is 4.79 Å². The van der Waals surface area contributed by atoms with Crippen LogP contribution in [-0.4, -0.2) is 28.9 Å². The van der Waals surface area contributed by atoms with Crippen molar-refractivity contribution in [3.05, 3.63) is 23.9 Å². The number of nitrogens with zero attached hydrogens (tertiary/aromatic N) is 1. The van der Waals surface area contributed by atoms with Crippen molar-refractivity contribution in [1.29, 1.82) is 0 Å². The Balaban J connectivity index is 2.94. The number of pyridine rings is 1. The summed E-state index contributed by atoms with van der Waals surface area (Å²) < 4.78 is 5.10. The Morgan fingerprint density at radius 3 is 2.67 bits per heavy atom. The van der Waals surface area contributed by atoms with Crippen LogP contribution in [0.5, 0.6) is 5.88 Å². The van der Waals surface area contributed by atoms with Gasteiger partial charge in [-0.05, 0) is 25.0 Å².